The first-order valence-corrected chi connectivity index (χ1v) is 10.2. The number of carbonyl (C=O) groups excluding carboxylic acids is 1. The molecule has 0 bridgehead atoms. The van der Waals surface area contributed by atoms with Crippen LogP contribution in [0.5, 0.6) is 11.5 Å². The lowest BCUT2D eigenvalue weighted by atomic mass is 10.2. The summed E-state index contributed by atoms with van der Waals surface area (Å²) in [7, 11) is -0.806. The van der Waals surface area contributed by atoms with Crippen LogP contribution in [0.15, 0.2) is 42.5 Å². The molecule has 0 radical (unpaired) electrons. The van der Waals surface area contributed by atoms with Crippen LogP contribution >= 0.6 is 11.6 Å². The normalized spacial score (nSPS) is 12.2. The summed E-state index contributed by atoms with van der Waals surface area (Å²) in [5.74, 6) is 0.348. The van der Waals surface area contributed by atoms with Crippen molar-refractivity contribution in [2.75, 3.05) is 30.1 Å². The van der Waals surface area contributed by atoms with E-state index in [1.165, 1.54) is 27.2 Å². The summed E-state index contributed by atoms with van der Waals surface area (Å²) in [6.07, 6.45) is 1.04. The van der Waals surface area contributed by atoms with Gasteiger partial charge in [-0.3, -0.25) is 9.10 Å². The molecule has 27 heavy (non-hydrogen) atoms. The summed E-state index contributed by atoms with van der Waals surface area (Å²) in [5, 5.41) is 3.08. The second-order valence-electron chi connectivity index (χ2n) is 5.77. The molecule has 7 nitrogen and oxygen atoms in total. The van der Waals surface area contributed by atoms with E-state index in [9.17, 15) is 13.2 Å². The number of ether oxygens (including phenoxy) is 2. The van der Waals surface area contributed by atoms with Crippen LogP contribution in [0.1, 0.15) is 6.92 Å². The standard InChI is InChI=1S/C18H21ClN2O5S/c1-12(18(22)20-16-10-13(19)8-9-17(16)26-3)21(27(4,23)24)14-6-5-7-15(11-14)25-2/h5-12H,1-4H3,(H,20,22). The van der Waals surface area contributed by atoms with Crippen LogP contribution in [0.4, 0.5) is 11.4 Å². The number of anilines is 2. The Hall–Kier alpha value is -2.45. The third-order valence-electron chi connectivity index (χ3n) is 3.82. The molecule has 2 rings (SSSR count). The van der Waals surface area contributed by atoms with E-state index in [0.717, 1.165) is 10.6 Å². The van der Waals surface area contributed by atoms with Crippen molar-refractivity contribution in [1.29, 1.82) is 0 Å². The number of nitrogens with zero attached hydrogens (tertiary/aromatic N) is 1. The third kappa shape index (κ3) is 5.05. The first-order valence-electron chi connectivity index (χ1n) is 7.95. The average Bonchev–Trinajstić information content (AvgIpc) is 2.61. The molecule has 0 aromatic heterocycles. The van der Waals surface area contributed by atoms with Gasteiger partial charge in [-0.1, -0.05) is 17.7 Å². The zero-order valence-corrected chi connectivity index (χ0v) is 17.0. The van der Waals surface area contributed by atoms with Crippen LogP contribution in [0.3, 0.4) is 0 Å². The molecule has 1 atom stereocenters. The van der Waals surface area contributed by atoms with Crippen LogP contribution in [-0.2, 0) is 14.8 Å². The first-order chi connectivity index (χ1) is 12.7. The summed E-state index contributed by atoms with van der Waals surface area (Å²) < 4.78 is 36.1. The van der Waals surface area contributed by atoms with E-state index in [-0.39, 0.29) is 0 Å². The number of sulfonamides is 1. The molecule has 0 aliphatic heterocycles. The van der Waals surface area contributed by atoms with Crippen molar-refractivity contribution in [3.05, 3.63) is 47.5 Å². The molecule has 0 saturated heterocycles. The molecule has 0 saturated carbocycles. The Balaban J connectivity index is 2.37. The van der Waals surface area contributed by atoms with Crippen LogP contribution in [0, 0.1) is 0 Å². The van der Waals surface area contributed by atoms with Crippen LogP contribution in [0.25, 0.3) is 0 Å². The summed E-state index contributed by atoms with van der Waals surface area (Å²) in [4.78, 5) is 12.8. The van der Waals surface area contributed by atoms with Gasteiger partial charge in [-0.25, -0.2) is 8.42 Å². The number of halogens is 1. The largest absolute Gasteiger partial charge is 0.497 e. The lowest BCUT2D eigenvalue weighted by Crippen LogP contribution is -2.45. The van der Waals surface area contributed by atoms with Gasteiger partial charge >= 0.3 is 0 Å². The Morgan fingerprint density at radius 1 is 1.15 bits per heavy atom. The molecular formula is C18H21ClN2O5S. The molecule has 146 valence electrons. The number of amides is 1. The van der Waals surface area contributed by atoms with Gasteiger partial charge in [-0.15, -0.1) is 0 Å². The zero-order valence-electron chi connectivity index (χ0n) is 15.4. The Morgan fingerprint density at radius 3 is 2.44 bits per heavy atom. The molecule has 0 fully saturated rings. The molecular weight excluding hydrogens is 392 g/mol. The molecule has 1 amide bonds. The minimum Gasteiger partial charge on any atom is -0.497 e. The van der Waals surface area contributed by atoms with E-state index in [1.54, 1.807) is 36.4 Å². The van der Waals surface area contributed by atoms with E-state index in [1.807, 2.05) is 0 Å². The number of methoxy groups -OCH3 is 2. The molecule has 1 unspecified atom stereocenters. The smallest absolute Gasteiger partial charge is 0.248 e. The van der Waals surface area contributed by atoms with Gasteiger partial charge in [0.1, 0.15) is 17.5 Å². The highest BCUT2D eigenvalue weighted by molar-refractivity contribution is 7.92. The van der Waals surface area contributed by atoms with Gasteiger partial charge < -0.3 is 14.8 Å². The van der Waals surface area contributed by atoms with Gasteiger partial charge in [0, 0.05) is 11.1 Å². The van der Waals surface area contributed by atoms with Crippen LogP contribution in [-0.4, -0.2) is 40.8 Å². The molecule has 2 aromatic rings. The number of hydrogen-bond donors (Lipinski definition) is 1. The Morgan fingerprint density at radius 2 is 1.85 bits per heavy atom. The monoisotopic (exact) mass is 412 g/mol. The lowest BCUT2D eigenvalue weighted by molar-refractivity contribution is -0.116. The highest BCUT2D eigenvalue weighted by Gasteiger charge is 2.30. The fourth-order valence-corrected chi connectivity index (χ4v) is 3.91. The first kappa shape index (κ1) is 20.9. The summed E-state index contributed by atoms with van der Waals surface area (Å²) in [5.41, 5.74) is 0.665. The fraction of sp³-hybridized carbons (Fsp3) is 0.278. The number of nitrogens with one attached hydrogen (secondary N) is 1. The van der Waals surface area contributed by atoms with Gasteiger partial charge in [0.05, 0.1) is 31.9 Å². The van der Waals surface area contributed by atoms with Crippen molar-refractivity contribution >= 4 is 38.9 Å². The van der Waals surface area contributed by atoms with Crippen molar-refractivity contribution in [2.24, 2.45) is 0 Å². The highest BCUT2D eigenvalue weighted by Crippen LogP contribution is 2.29. The molecule has 0 heterocycles. The highest BCUT2D eigenvalue weighted by atomic mass is 35.5. The van der Waals surface area contributed by atoms with E-state index >= 15 is 0 Å². The summed E-state index contributed by atoms with van der Waals surface area (Å²) in [6.45, 7) is 1.49. The van der Waals surface area contributed by atoms with Gasteiger partial charge in [0.25, 0.3) is 0 Å². The second kappa shape index (κ2) is 8.49. The van der Waals surface area contributed by atoms with Crippen LogP contribution in [0.2, 0.25) is 5.02 Å². The summed E-state index contributed by atoms with van der Waals surface area (Å²) in [6, 6.07) is 10.2. The van der Waals surface area contributed by atoms with E-state index < -0.39 is 22.0 Å². The Labute approximate surface area is 163 Å². The van der Waals surface area contributed by atoms with Gasteiger partial charge in [0.15, 0.2) is 0 Å². The summed E-state index contributed by atoms with van der Waals surface area (Å²) >= 11 is 5.97. The third-order valence-corrected chi connectivity index (χ3v) is 5.29. The lowest BCUT2D eigenvalue weighted by Gasteiger charge is -2.28. The van der Waals surface area contributed by atoms with Crippen molar-refractivity contribution in [1.82, 2.24) is 0 Å². The molecule has 2 aromatic carbocycles. The van der Waals surface area contributed by atoms with E-state index in [0.29, 0.717) is 27.9 Å². The second-order valence-corrected chi connectivity index (χ2v) is 8.07. The van der Waals surface area contributed by atoms with E-state index in [4.69, 9.17) is 21.1 Å². The fourth-order valence-electron chi connectivity index (χ4n) is 2.57. The number of hydrogen-bond acceptors (Lipinski definition) is 5. The maximum Gasteiger partial charge on any atom is 0.248 e. The maximum atomic E-state index is 12.8. The number of benzene rings is 2. The SMILES string of the molecule is COc1cccc(N(C(C)C(=O)Nc2cc(Cl)ccc2OC)S(C)(=O)=O)c1. The van der Waals surface area contributed by atoms with Crippen molar-refractivity contribution in [2.45, 2.75) is 13.0 Å². The molecule has 0 aliphatic rings. The van der Waals surface area contributed by atoms with Crippen molar-refractivity contribution in [3.8, 4) is 11.5 Å². The van der Waals surface area contributed by atoms with Gasteiger partial charge in [-0.05, 0) is 37.3 Å². The quantitative estimate of drug-likeness (QED) is 0.755. The molecule has 0 spiro atoms. The minimum atomic E-state index is -3.74. The predicted molar refractivity (Wildman–Crippen MR) is 106 cm³/mol. The molecule has 1 N–H and O–H groups in total. The topological polar surface area (TPSA) is 84.9 Å². The Bertz CT molecular complexity index is 933. The van der Waals surface area contributed by atoms with Crippen molar-refractivity contribution < 1.29 is 22.7 Å². The minimum absolute atomic E-state index is 0.317. The Kier molecular flexibility index (Phi) is 6.56. The molecule has 9 heteroatoms. The molecule has 0 aliphatic carbocycles. The number of rotatable bonds is 7. The van der Waals surface area contributed by atoms with Gasteiger partial charge in [-0.2, -0.15) is 0 Å². The van der Waals surface area contributed by atoms with Gasteiger partial charge in [0.2, 0.25) is 15.9 Å². The predicted octanol–water partition coefficient (Wildman–Crippen LogP) is 3.15. The average molecular weight is 413 g/mol. The zero-order chi connectivity index (χ0) is 20.2. The van der Waals surface area contributed by atoms with E-state index in [2.05, 4.69) is 5.32 Å². The maximum absolute atomic E-state index is 12.8. The number of carbonyl (C=O) groups is 1. The van der Waals surface area contributed by atoms with Crippen LogP contribution < -0.4 is 19.1 Å². The van der Waals surface area contributed by atoms with Crippen molar-refractivity contribution in [3.63, 3.8) is 0 Å².